The number of β-amino-alcohol motifs (C(OH)–C–C–N with tert-alkyl or cyclic N) is 1. The van der Waals surface area contributed by atoms with Crippen LogP contribution in [0.5, 0.6) is 5.75 Å². The van der Waals surface area contributed by atoms with Crippen molar-refractivity contribution in [2.75, 3.05) is 26.7 Å². The van der Waals surface area contributed by atoms with Crippen molar-refractivity contribution in [1.82, 2.24) is 9.80 Å². The van der Waals surface area contributed by atoms with E-state index in [1.807, 2.05) is 37.3 Å². The van der Waals surface area contributed by atoms with Crippen LogP contribution in [0.25, 0.3) is 0 Å². The molecule has 2 aromatic carbocycles. The van der Waals surface area contributed by atoms with E-state index in [2.05, 4.69) is 0 Å². The number of methoxy groups -OCH3 is 1. The molecule has 0 saturated carbocycles. The highest BCUT2D eigenvalue weighted by Crippen LogP contribution is 2.23. The van der Waals surface area contributed by atoms with E-state index in [1.165, 1.54) is 4.90 Å². The minimum Gasteiger partial charge on any atom is -0.496 e. The predicted molar refractivity (Wildman–Crippen MR) is 102 cm³/mol. The predicted octanol–water partition coefficient (Wildman–Crippen LogP) is 1.85. The molecule has 2 aromatic rings. The van der Waals surface area contributed by atoms with Crippen LogP contribution in [0.15, 0.2) is 48.5 Å². The van der Waals surface area contributed by atoms with Crippen molar-refractivity contribution in [3.05, 3.63) is 65.2 Å². The quantitative estimate of drug-likeness (QED) is 0.894. The molecular formula is C21H24N2O4. The summed E-state index contributed by atoms with van der Waals surface area (Å²) in [5.41, 5.74) is 2.18. The van der Waals surface area contributed by atoms with Gasteiger partial charge in [-0.25, -0.2) is 0 Å². The van der Waals surface area contributed by atoms with Gasteiger partial charge in [-0.1, -0.05) is 36.4 Å². The van der Waals surface area contributed by atoms with Crippen LogP contribution >= 0.6 is 0 Å². The normalized spacial score (nSPS) is 17.6. The standard InChI is InChI=1S/C21H24N2O4/c1-15-18(9-6-10-19(15)27-2)21(26)23-13-17(24)12-22(20(25)14-23)11-16-7-4-3-5-8-16/h3-10,17,24H,11-14H2,1-2H3. The second kappa shape index (κ2) is 8.22. The van der Waals surface area contributed by atoms with Gasteiger partial charge in [-0.15, -0.1) is 0 Å². The molecule has 142 valence electrons. The Morgan fingerprint density at radius 1 is 1.15 bits per heavy atom. The number of aliphatic hydroxyl groups is 1. The Morgan fingerprint density at radius 3 is 2.59 bits per heavy atom. The Kier molecular flexibility index (Phi) is 5.76. The molecule has 1 atom stereocenters. The summed E-state index contributed by atoms with van der Waals surface area (Å²) in [7, 11) is 1.55. The van der Waals surface area contributed by atoms with Gasteiger partial charge in [0, 0.05) is 30.8 Å². The lowest BCUT2D eigenvalue weighted by Gasteiger charge is -2.22. The van der Waals surface area contributed by atoms with E-state index in [0.29, 0.717) is 17.9 Å². The third-order valence-electron chi connectivity index (χ3n) is 4.78. The van der Waals surface area contributed by atoms with Crippen molar-refractivity contribution in [2.45, 2.75) is 19.6 Å². The van der Waals surface area contributed by atoms with Gasteiger partial charge in [-0.05, 0) is 24.6 Å². The molecule has 3 rings (SSSR count). The fourth-order valence-corrected chi connectivity index (χ4v) is 3.35. The van der Waals surface area contributed by atoms with Gasteiger partial charge in [-0.3, -0.25) is 9.59 Å². The third-order valence-corrected chi connectivity index (χ3v) is 4.78. The van der Waals surface area contributed by atoms with Gasteiger partial charge < -0.3 is 19.6 Å². The summed E-state index contributed by atoms with van der Waals surface area (Å²) < 4.78 is 5.28. The zero-order valence-corrected chi connectivity index (χ0v) is 15.6. The van der Waals surface area contributed by atoms with Crippen LogP contribution in [-0.4, -0.2) is 59.6 Å². The summed E-state index contributed by atoms with van der Waals surface area (Å²) in [5, 5.41) is 10.4. The Labute approximate surface area is 159 Å². The first kappa shape index (κ1) is 18.9. The summed E-state index contributed by atoms with van der Waals surface area (Å²) in [6.07, 6.45) is -0.796. The fourth-order valence-electron chi connectivity index (χ4n) is 3.35. The largest absolute Gasteiger partial charge is 0.496 e. The lowest BCUT2D eigenvalue weighted by molar-refractivity contribution is -0.131. The van der Waals surface area contributed by atoms with Gasteiger partial charge >= 0.3 is 0 Å². The zero-order chi connectivity index (χ0) is 19.4. The van der Waals surface area contributed by atoms with E-state index in [-0.39, 0.29) is 31.4 Å². The van der Waals surface area contributed by atoms with E-state index in [4.69, 9.17) is 4.74 Å². The molecule has 0 aromatic heterocycles. The van der Waals surface area contributed by atoms with Gasteiger partial charge in [0.15, 0.2) is 0 Å². The number of nitrogens with zero attached hydrogens (tertiary/aromatic N) is 2. The third kappa shape index (κ3) is 4.28. The maximum atomic E-state index is 13.0. The number of benzene rings is 2. The van der Waals surface area contributed by atoms with E-state index < -0.39 is 6.10 Å². The van der Waals surface area contributed by atoms with Crippen molar-refractivity contribution in [2.24, 2.45) is 0 Å². The number of carbonyl (C=O) groups excluding carboxylic acids is 2. The molecule has 1 aliphatic heterocycles. The van der Waals surface area contributed by atoms with Crippen LogP contribution in [0.4, 0.5) is 0 Å². The van der Waals surface area contributed by atoms with Crippen LogP contribution in [0.3, 0.4) is 0 Å². The minimum atomic E-state index is -0.796. The van der Waals surface area contributed by atoms with Crippen LogP contribution in [0.1, 0.15) is 21.5 Å². The van der Waals surface area contributed by atoms with Gasteiger partial charge in [-0.2, -0.15) is 0 Å². The first-order valence-electron chi connectivity index (χ1n) is 8.92. The highest BCUT2D eigenvalue weighted by molar-refractivity contribution is 5.98. The summed E-state index contributed by atoms with van der Waals surface area (Å²) in [4.78, 5) is 28.7. The highest BCUT2D eigenvalue weighted by atomic mass is 16.5. The summed E-state index contributed by atoms with van der Waals surface area (Å²) in [6, 6.07) is 14.9. The lowest BCUT2D eigenvalue weighted by Crippen LogP contribution is -2.39. The second-order valence-corrected chi connectivity index (χ2v) is 6.73. The first-order chi connectivity index (χ1) is 13.0. The van der Waals surface area contributed by atoms with E-state index in [1.54, 1.807) is 30.2 Å². The molecule has 0 bridgehead atoms. The smallest absolute Gasteiger partial charge is 0.254 e. The van der Waals surface area contributed by atoms with Crippen molar-refractivity contribution in [3.63, 3.8) is 0 Å². The van der Waals surface area contributed by atoms with E-state index in [0.717, 1.165) is 11.1 Å². The van der Waals surface area contributed by atoms with Gasteiger partial charge in [0.25, 0.3) is 5.91 Å². The molecule has 6 nitrogen and oxygen atoms in total. The molecule has 1 unspecified atom stereocenters. The van der Waals surface area contributed by atoms with Crippen LogP contribution in [0.2, 0.25) is 0 Å². The SMILES string of the molecule is COc1cccc(C(=O)N2CC(=O)N(Cc3ccccc3)CC(O)C2)c1C. The fraction of sp³-hybridized carbons (Fsp3) is 0.333. The molecule has 27 heavy (non-hydrogen) atoms. The summed E-state index contributed by atoms with van der Waals surface area (Å²) in [5.74, 6) is 0.165. The number of aliphatic hydroxyl groups excluding tert-OH is 1. The molecule has 1 fully saturated rings. The molecule has 2 amide bonds. The Bertz CT molecular complexity index is 822. The molecule has 0 radical (unpaired) electrons. The number of ether oxygens (including phenoxy) is 1. The number of hydrogen-bond acceptors (Lipinski definition) is 4. The highest BCUT2D eigenvalue weighted by Gasteiger charge is 2.30. The summed E-state index contributed by atoms with van der Waals surface area (Å²) >= 11 is 0. The number of rotatable bonds is 4. The van der Waals surface area contributed by atoms with E-state index in [9.17, 15) is 14.7 Å². The molecule has 0 aliphatic carbocycles. The van der Waals surface area contributed by atoms with Gasteiger partial charge in [0.2, 0.25) is 5.91 Å². The monoisotopic (exact) mass is 368 g/mol. The van der Waals surface area contributed by atoms with E-state index >= 15 is 0 Å². The average molecular weight is 368 g/mol. The van der Waals surface area contributed by atoms with Crippen molar-refractivity contribution < 1.29 is 19.4 Å². The van der Waals surface area contributed by atoms with Gasteiger partial charge in [0.1, 0.15) is 12.3 Å². The molecule has 1 N–H and O–H groups in total. The maximum Gasteiger partial charge on any atom is 0.254 e. The van der Waals surface area contributed by atoms with Crippen LogP contribution in [0, 0.1) is 6.92 Å². The number of carbonyl (C=O) groups is 2. The van der Waals surface area contributed by atoms with Crippen LogP contribution < -0.4 is 4.74 Å². The Hall–Kier alpha value is -2.86. The molecular weight excluding hydrogens is 344 g/mol. The van der Waals surface area contributed by atoms with Crippen molar-refractivity contribution in [1.29, 1.82) is 0 Å². The van der Waals surface area contributed by atoms with Gasteiger partial charge in [0.05, 0.1) is 13.2 Å². The van der Waals surface area contributed by atoms with Crippen molar-refractivity contribution in [3.8, 4) is 5.75 Å². The number of amides is 2. The molecule has 0 spiro atoms. The molecule has 1 aliphatic rings. The van der Waals surface area contributed by atoms with Crippen molar-refractivity contribution >= 4 is 11.8 Å². The zero-order valence-electron chi connectivity index (χ0n) is 15.6. The Morgan fingerprint density at radius 2 is 1.89 bits per heavy atom. The lowest BCUT2D eigenvalue weighted by atomic mass is 10.1. The summed E-state index contributed by atoms with van der Waals surface area (Å²) in [6.45, 7) is 2.49. The first-order valence-corrected chi connectivity index (χ1v) is 8.92. The topological polar surface area (TPSA) is 70.1 Å². The molecule has 6 heteroatoms. The maximum absolute atomic E-state index is 13.0. The molecule has 1 heterocycles. The number of hydrogen-bond donors (Lipinski definition) is 1. The van der Waals surface area contributed by atoms with Crippen LogP contribution in [-0.2, 0) is 11.3 Å². The molecule has 1 saturated heterocycles. The Balaban J connectivity index is 1.78. The minimum absolute atomic E-state index is 0.0562. The average Bonchev–Trinajstić information content (AvgIpc) is 2.80. The second-order valence-electron chi connectivity index (χ2n) is 6.73.